The van der Waals surface area contributed by atoms with Gasteiger partial charge in [0.25, 0.3) is 11.8 Å². The summed E-state index contributed by atoms with van der Waals surface area (Å²) in [6, 6.07) is 5.33. The first-order valence-electron chi connectivity index (χ1n) is 14.4. The SMILES string of the molecule is CCc1nocc1CN1CCN(c2cc3c(cc2NC(=O)c2cnn4cccnc24)CN(CC(F)C(C)(C)O)C3=O)CC1. The van der Waals surface area contributed by atoms with Crippen molar-refractivity contribution in [3.63, 3.8) is 0 Å². The smallest absolute Gasteiger partial charge is 0.261 e. The second kappa shape index (κ2) is 11.4. The summed E-state index contributed by atoms with van der Waals surface area (Å²) in [5, 5.41) is 21.5. The minimum Gasteiger partial charge on any atom is -0.387 e. The predicted octanol–water partition coefficient (Wildman–Crippen LogP) is 2.92. The summed E-state index contributed by atoms with van der Waals surface area (Å²) in [5.74, 6) is -0.675. The number of benzene rings is 1. The van der Waals surface area contributed by atoms with E-state index in [4.69, 9.17) is 4.52 Å². The van der Waals surface area contributed by atoms with Crippen LogP contribution < -0.4 is 10.2 Å². The van der Waals surface area contributed by atoms with Crippen LogP contribution in [0.5, 0.6) is 0 Å². The molecule has 6 rings (SSSR count). The van der Waals surface area contributed by atoms with Gasteiger partial charge in [-0.15, -0.1) is 0 Å². The molecule has 1 saturated heterocycles. The fourth-order valence-electron chi connectivity index (χ4n) is 5.60. The highest BCUT2D eigenvalue weighted by molar-refractivity contribution is 6.10. The fraction of sp³-hybridized carbons (Fsp3) is 0.433. The molecular weight excluding hydrogens is 555 g/mol. The third kappa shape index (κ3) is 5.69. The third-order valence-corrected chi connectivity index (χ3v) is 8.19. The van der Waals surface area contributed by atoms with Gasteiger partial charge in [-0.25, -0.2) is 13.9 Å². The monoisotopic (exact) mass is 590 g/mol. The summed E-state index contributed by atoms with van der Waals surface area (Å²) in [5.41, 5.74) is 3.61. The van der Waals surface area contributed by atoms with Crippen LogP contribution in [0, 0.1) is 0 Å². The number of halogens is 1. The van der Waals surface area contributed by atoms with Gasteiger partial charge in [-0.3, -0.25) is 14.5 Å². The lowest BCUT2D eigenvalue weighted by Crippen LogP contribution is -2.46. The number of anilines is 2. The Hall–Kier alpha value is -4.36. The molecule has 1 atom stereocenters. The molecule has 1 unspecified atom stereocenters. The number of aliphatic hydroxyl groups is 1. The average Bonchev–Trinajstić information content (AvgIpc) is 3.70. The van der Waals surface area contributed by atoms with Crippen molar-refractivity contribution in [1.82, 2.24) is 29.6 Å². The molecule has 0 spiro atoms. The van der Waals surface area contributed by atoms with Crippen molar-refractivity contribution in [3.05, 3.63) is 71.0 Å². The molecule has 2 N–H and O–H groups in total. The largest absolute Gasteiger partial charge is 0.387 e. The van der Waals surface area contributed by atoms with Crippen LogP contribution in [0.4, 0.5) is 15.8 Å². The molecule has 5 heterocycles. The highest BCUT2D eigenvalue weighted by Crippen LogP contribution is 2.36. The molecule has 2 amide bonds. The molecule has 43 heavy (non-hydrogen) atoms. The van der Waals surface area contributed by atoms with Crippen LogP contribution >= 0.6 is 0 Å². The lowest BCUT2D eigenvalue weighted by molar-refractivity contribution is -0.0159. The van der Waals surface area contributed by atoms with Gasteiger partial charge in [-0.1, -0.05) is 12.1 Å². The second-order valence-corrected chi connectivity index (χ2v) is 11.6. The summed E-state index contributed by atoms with van der Waals surface area (Å²) in [4.78, 5) is 37.1. The fourth-order valence-corrected chi connectivity index (χ4v) is 5.60. The molecule has 0 bridgehead atoms. The Morgan fingerprint density at radius 2 is 2.02 bits per heavy atom. The van der Waals surface area contributed by atoms with E-state index in [1.54, 1.807) is 36.9 Å². The zero-order valence-electron chi connectivity index (χ0n) is 24.5. The molecular formula is C30H35FN8O4. The molecule has 3 aromatic heterocycles. The van der Waals surface area contributed by atoms with Crippen molar-refractivity contribution in [3.8, 4) is 0 Å². The molecule has 13 heteroatoms. The molecule has 0 saturated carbocycles. The highest BCUT2D eigenvalue weighted by Gasteiger charge is 2.36. The number of amides is 2. The first kappa shape index (κ1) is 28.7. The highest BCUT2D eigenvalue weighted by atomic mass is 19.1. The minimum atomic E-state index is -1.61. The Labute approximate surface area is 248 Å². The van der Waals surface area contributed by atoms with Crippen LogP contribution in [0.2, 0.25) is 0 Å². The zero-order valence-corrected chi connectivity index (χ0v) is 24.5. The maximum atomic E-state index is 14.7. The number of carbonyl (C=O) groups excluding carboxylic acids is 2. The van der Waals surface area contributed by atoms with E-state index < -0.39 is 11.8 Å². The molecule has 0 aliphatic carbocycles. The summed E-state index contributed by atoms with van der Waals surface area (Å²) in [6.07, 6.45) is 5.68. The van der Waals surface area contributed by atoms with E-state index in [1.165, 1.54) is 29.5 Å². The molecule has 1 aromatic carbocycles. The molecule has 12 nitrogen and oxygen atoms in total. The Morgan fingerprint density at radius 3 is 2.77 bits per heavy atom. The van der Waals surface area contributed by atoms with Crippen molar-refractivity contribution in [2.75, 3.05) is 42.9 Å². The first-order valence-corrected chi connectivity index (χ1v) is 14.4. The van der Waals surface area contributed by atoms with Crippen molar-refractivity contribution in [2.24, 2.45) is 0 Å². The minimum absolute atomic E-state index is 0.179. The van der Waals surface area contributed by atoms with Gasteiger partial charge < -0.3 is 24.7 Å². The van der Waals surface area contributed by atoms with Crippen LogP contribution in [0.15, 0.2) is 47.6 Å². The first-order chi connectivity index (χ1) is 20.6. The van der Waals surface area contributed by atoms with E-state index in [0.717, 1.165) is 37.3 Å². The van der Waals surface area contributed by atoms with Gasteiger partial charge in [0.1, 0.15) is 18.0 Å². The molecule has 4 aromatic rings. The van der Waals surface area contributed by atoms with E-state index in [2.05, 4.69) is 30.4 Å². The second-order valence-electron chi connectivity index (χ2n) is 11.6. The third-order valence-electron chi connectivity index (χ3n) is 8.19. The number of fused-ring (bicyclic) bond motifs is 2. The normalized spacial score (nSPS) is 16.6. The zero-order chi connectivity index (χ0) is 30.3. The van der Waals surface area contributed by atoms with E-state index in [9.17, 15) is 19.1 Å². The Kier molecular flexibility index (Phi) is 7.61. The van der Waals surface area contributed by atoms with Crippen LogP contribution in [-0.4, -0.2) is 91.0 Å². The molecule has 0 radical (unpaired) electrons. The van der Waals surface area contributed by atoms with Crippen molar-refractivity contribution >= 4 is 28.8 Å². The quantitative estimate of drug-likeness (QED) is 0.302. The van der Waals surface area contributed by atoms with Crippen molar-refractivity contribution < 1.29 is 23.6 Å². The summed E-state index contributed by atoms with van der Waals surface area (Å²) >= 11 is 0. The molecule has 2 aliphatic heterocycles. The summed E-state index contributed by atoms with van der Waals surface area (Å²) in [6.45, 7) is 8.34. The maximum absolute atomic E-state index is 14.7. The van der Waals surface area contributed by atoms with Crippen LogP contribution in [0.1, 0.15) is 58.3 Å². The number of hydrogen-bond acceptors (Lipinski definition) is 9. The lowest BCUT2D eigenvalue weighted by atomic mass is 10.0. The predicted molar refractivity (Wildman–Crippen MR) is 157 cm³/mol. The van der Waals surface area contributed by atoms with Gasteiger partial charge in [0.05, 0.1) is 35.4 Å². The van der Waals surface area contributed by atoms with E-state index in [0.29, 0.717) is 46.8 Å². The Morgan fingerprint density at radius 1 is 1.23 bits per heavy atom. The topological polar surface area (TPSA) is 132 Å². The number of aryl methyl sites for hydroxylation is 1. The number of rotatable bonds is 9. The van der Waals surface area contributed by atoms with Crippen molar-refractivity contribution in [1.29, 1.82) is 0 Å². The van der Waals surface area contributed by atoms with Crippen molar-refractivity contribution in [2.45, 2.75) is 52.1 Å². The number of carbonyl (C=O) groups is 2. The number of hydrogen-bond donors (Lipinski definition) is 2. The summed E-state index contributed by atoms with van der Waals surface area (Å²) < 4.78 is 21.4. The van der Waals surface area contributed by atoms with Gasteiger partial charge in [-0.2, -0.15) is 5.10 Å². The Bertz CT molecular complexity index is 1650. The molecule has 226 valence electrons. The van der Waals surface area contributed by atoms with E-state index >= 15 is 0 Å². The number of alkyl halides is 1. The van der Waals surface area contributed by atoms with Gasteiger partial charge in [0.15, 0.2) is 5.65 Å². The molecule has 2 aliphatic rings. The van der Waals surface area contributed by atoms with E-state index in [1.807, 2.05) is 6.92 Å². The van der Waals surface area contributed by atoms with Gasteiger partial charge in [0.2, 0.25) is 0 Å². The lowest BCUT2D eigenvalue weighted by Gasteiger charge is -2.37. The van der Waals surface area contributed by atoms with Gasteiger partial charge >= 0.3 is 0 Å². The molecule has 1 fully saturated rings. The number of nitrogens with one attached hydrogen (secondary N) is 1. The number of piperazine rings is 1. The maximum Gasteiger partial charge on any atom is 0.261 e. The number of nitrogens with zero attached hydrogens (tertiary/aromatic N) is 7. The van der Waals surface area contributed by atoms with Gasteiger partial charge in [0, 0.05) is 62.8 Å². The van der Waals surface area contributed by atoms with Crippen LogP contribution in [0.3, 0.4) is 0 Å². The average molecular weight is 591 g/mol. The van der Waals surface area contributed by atoms with Crippen LogP contribution in [0.25, 0.3) is 5.65 Å². The summed E-state index contributed by atoms with van der Waals surface area (Å²) in [7, 11) is 0. The number of aromatic nitrogens is 4. The Balaban J connectivity index is 1.27. The van der Waals surface area contributed by atoms with Crippen LogP contribution in [-0.2, 0) is 19.5 Å². The van der Waals surface area contributed by atoms with E-state index in [-0.39, 0.29) is 24.9 Å². The standard InChI is InChI=1S/C30H35FN8O4/c1-4-23-20(18-43-35-23)15-36-8-10-37(11-9-36)25-13-21-19(16-38(29(21)41)17-26(31)30(2,3)42)12-24(25)34-28(40)22-14-33-39-7-5-6-32-27(22)39/h5-7,12-14,18,26,42H,4,8-11,15-17H2,1-3H3,(H,34,40). The van der Waals surface area contributed by atoms with Gasteiger partial charge in [-0.05, 0) is 44.0 Å².